The molecule has 5 saturated heterocycles. The monoisotopic (exact) mass is 803 g/mol. The van der Waals surface area contributed by atoms with E-state index >= 15 is 0 Å². The average molecular weight is 804 g/mol. The number of likely N-dealkylation sites (tertiary alicyclic amines) is 2. The first-order chi connectivity index (χ1) is 28.5. The summed E-state index contributed by atoms with van der Waals surface area (Å²) < 4.78 is 0. The summed E-state index contributed by atoms with van der Waals surface area (Å²) in [6.07, 6.45) is 5.75. The first-order valence-electron chi connectivity index (χ1n) is 20.6. The van der Waals surface area contributed by atoms with Crippen molar-refractivity contribution in [3.8, 4) is 0 Å². The van der Waals surface area contributed by atoms with Gasteiger partial charge in [-0.3, -0.25) is 44.0 Å². The number of imide groups is 2. The third-order valence-electron chi connectivity index (χ3n) is 12.9. The number of nitrogens with zero attached hydrogens (tertiary/aromatic N) is 8. The van der Waals surface area contributed by atoms with E-state index < -0.39 is 35.6 Å². The summed E-state index contributed by atoms with van der Waals surface area (Å²) in [5, 5.41) is 5.53. The molecule has 3 aromatic rings. The lowest BCUT2D eigenvalue weighted by molar-refractivity contribution is -0.136. The molecule has 2 atom stereocenters. The van der Waals surface area contributed by atoms with Crippen LogP contribution in [0.25, 0.3) is 0 Å². The number of piperidine rings is 3. The molecule has 0 spiro atoms. The Hall–Kier alpha value is -5.94. The van der Waals surface area contributed by atoms with Crippen molar-refractivity contribution in [1.29, 1.82) is 0 Å². The number of primary amides is 1. The molecule has 59 heavy (non-hydrogen) atoms. The molecular weight excluding hydrogens is 755 g/mol. The van der Waals surface area contributed by atoms with E-state index in [1.165, 1.54) is 5.56 Å². The zero-order chi connectivity index (χ0) is 40.9. The normalized spacial score (nSPS) is 23.5. The number of rotatable bonds is 10. The number of nitrogens with one attached hydrogen (secondary N) is 2. The van der Waals surface area contributed by atoms with Gasteiger partial charge in [-0.1, -0.05) is 18.2 Å². The van der Waals surface area contributed by atoms with Gasteiger partial charge in [0.15, 0.2) is 11.5 Å². The van der Waals surface area contributed by atoms with Crippen LogP contribution in [-0.4, -0.2) is 148 Å². The Balaban J connectivity index is 0.761. The summed E-state index contributed by atoms with van der Waals surface area (Å²) in [5.41, 5.74) is 9.37. The minimum atomic E-state index is -0.972. The van der Waals surface area contributed by atoms with E-state index in [0.29, 0.717) is 47.8 Å². The predicted molar refractivity (Wildman–Crippen MR) is 216 cm³/mol. The average Bonchev–Trinajstić information content (AvgIpc) is 3.69. The van der Waals surface area contributed by atoms with Crippen LogP contribution < -0.4 is 21.3 Å². The van der Waals surface area contributed by atoms with Crippen LogP contribution >= 0.6 is 0 Å². The van der Waals surface area contributed by atoms with Crippen molar-refractivity contribution in [1.82, 2.24) is 39.8 Å². The van der Waals surface area contributed by atoms with Crippen LogP contribution in [0.15, 0.2) is 48.7 Å². The number of hydrogen-bond acceptors (Lipinski definition) is 12. The number of anilines is 3. The van der Waals surface area contributed by atoms with Crippen LogP contribution in [-0.2, 0) is 16.1 Å². The summed E-state index contributed by atoms with van der Waals surface area (Å²) in [5.74, 6) is -1.27. The van der Waals surface area contributed by atoms with E-state index in [1.54, 1.807) is 23.2 Å². The largest absolute Gasteiger partial charge is 0.364 e. The lowest BCUT2D eigenvalue weighted by Gasteiger charge is -2.48. The quantitative estimate of drug-likeness (QED) is 0.253. The van der Waals surface area contributed by atoms with Crippen molar-refractivity contribution in [3.63, 3.8) is 0 Å². The van der Waals surface area contributed by atoms with Crippen LogP contribution in [0, 0.1) is 0 Å². The molecule has 4 N–H and O–H groups in total. The number of carbonyl (C=O) groups is 6. The van der Waals surface area contributed by atoms with Gasteiger partial charge in [0.2, 0.25) is 11.8 Å². The van der Waals surface area contributed by atoms with Gasteiger partial charge in [0.25, 0.3) is 17.7 Å². The van der Waals surface area contributed by atoms with E-state index in [2.05, 4.69) is 42.5 Å². The van der Waals surface area contributed by atoms with Gasteiger partial charge in [0.05, 0.1) is 23.4 Å². The summed E-state index contributed by atoms with van der Waals surface area (Å²) in [6.45, 7) is 7.37. The fourth-order valence-corrected chi connectivity index (χ4v) is 9.57. The molecule has 1 aromatic heterocycles. The van der Waals surface area contributed by atoms with E-state index in [1.807, 2.05) is 30.1 Å². The Morgan fingerprint density at radius 2 is 1.63 bits per heavy atom. The van der Waals surface area contributed by atoms with Crippen LogP contribution in [0.2, 0.25) is 0 Å². The second-order valence-electron chi connectivity index (χ2n) is 16.7. The number of urea groups is 1. The second-order valence-corrected chi connectivity index (χ2v) is 16.7. The highest BCUT2D eigenvalue weighted by Crippen LogP contribution is 2.34. The SMILES string of the molecule is CN1CCN([C@@H]2CCCN(c3cnc(C(N)=O)c(Nc4ccc(C5CCN(C6CN(Cc7ccc8c(c7)C(=O)N(C7CCC(=O)NC7=O)C8=O)C6)CC5)cc4)n3)C2)C1=O. The van der Waals surface area contributed by atoms with Gasteiger partial charge in [0.1, 0.15) is 11.9 Å². The summed E-state index contributed by atoms with van der Waals surface area (Å²) in [7, 11) is 1.83. The third-order valence-corrected chi connectivity index (χ3v) is 12.9. The maximum Gasteiger partial charge on any atom is 0.320 e. The van der Waals surface area contributed by atoms with Gasteiger partial charge >= 0.3 is 6.03 Å². The van der Waals surface area contributed by atoms with Crippen LogP contribution in [0.3, 0.4) is 0 Å². The molecule has 0 saturated carbocycles. The maximum absolute atomic E-state index is 13.3. The van der Waals surface area contributed by atoms with Crippen LogP contribution in [0.5, 0.6) is 0 Å². The maximum atomic E-state index is 13.3. The highest BCUT2D eigenvalue weighted by Gasteiger charge is 2.45. The highest BCUT2D eigenvalue weighted by atomic mass is 16.2. The number of nitrogens with two attached hydrogens (primary N) is 1. The molecule has 2 aromatic carbocycles. The Morgan fingerprint density at radius 3 is 2.34 bits per heavy atom. The van der Waals surface area contributed by atoms with Gasteiger partial charge in [-0.2, -0.15) is 0 Å². The smallest absolute Gasteiger partial charge is 0.320 e. The van der Waals surface area contributed by atoms with Gasteiger partial charge in [-0.05, 0) is 86.5 Å². The lowest BCUT2D eigenvalue weighted by Crippen LogP contribution is -2.60. The van der Waals surface area contributed by atoms with Crippen molar-refractivity contribution in [2.75, 3.05) is 69.6 Å². The molecule has 17 heteroatoms. The number of benzene rings is 2. The van der Waals surface area contributed by atoms with Gasteiger partial charge in [-0.25, -0.2) is 14.8 Å². The highest BCUT2D eigenvalue weighted by molar-refractivity contribution is 6.23. The Labute approximate surface area is 341 Å². The van der Waals surface area contributed by atoms with Crippen molar-refractivity contribution in [2.24, 2.45) is 5.73 Å². The molecular formula is C42H49N11O6. The first kappa shape index (κ1) is 38.6. The predicted octanol–water partition coefficient (Wildman–Crippen LogP) is 2.12. The molecule has 9 rings (SSSR count). The van der Waals surface area contributed by atoms with Gasteiger partial charge < -0.3 is 25.8 Å². The number of carbonyl (C=O) groups excluding carboxylic acids is 6. The zero-order valence-corrected chi connectivity index (χ0v) is 33.1. The molecule has 0 radical (unpaired) electrons. The number of amides is 7. The molecule has 308 valence electrons. The lowest BCUT2D eigenvalue weighted by atomic mass is 9.88. The third kappa shape index (κ3) is 7.48. The molecule has 5 fully saturated rings. The fourth-order valence-electron chi connectivity index (χ4n) is 9.57. The Bertz CT molecular complexity index is 2200. The fraction of sp³-hybridized carbons (Fsp3) is 0.476. The van der Waals surface area contributed by atoms with Gasteiger partial charge in [-0.15, -0.1) is 0 Å². The number of fused-ring (bicyclic) bond motifs is 1. The van der Waals surface area contributed by atoms with E-state index in [9.17, 15) is 28.8 Å². The van der Waals surface area contributed by atoms with Gasteiger partial charge in [0, 0.05) is 71.0 Å². The molecule has 1 unspecified atom stereocenters. The summed E-state index contributed by atoms with van der Waals surface area (Å²) in [6, 6.07) is 13.2. The Kier molecular flexibility index (Phi) is 10.2. The zero-order valence-electron chi connectivity index (χ0n) is 33.1. The molecule has 6 aliphatic rings. The van der Waals surface area contributed by atoms with Crippen molar-refractivity contribution in [2.45, 2.75) is 69.1 Å². The van der Waals surface area contributed by atoms with E-state index in [-0.39, 0.29) is 30.6 Å². The van der Waals surface area contributed by atoms with Crippen molar-refractivity contribution in [3.05, 3.63) is 76.6 Å². The minimum Gasteiger partial charge on any atom is -0.364 e. The molecule has 17 nitrogen and oxygen atoms in total. The van der Waals surface area contributed by atoms with Crippen molar-refractivity contribution >= 4 is 52.9 Å². The number of hydrogen-bond donors (Lipinski definition) is 3. The standard InChI is InChI=1S/C42H49N11O6/c1-48-17-18-52(42(48)59)29-3-2-14-51(24-29)34-20-44-36(37(43)55)38(46-34)45-28-7-5-26(6-8-28)27-12-15-50(16-13-27)30-22-49(23-30)21-25-4-9-31-32(19-25)41(58)53(40(31)57)33-10-11-35(54)47-39(33)56/h4-9,19-20,27,29-30,33H,2-3,10-18,21-24H2,1H3,(H2,43,55)(H,45,46)(H,47,54,56)/t29-,33?/m1/s1. The molecule has 7 amide bonds. The molecule has 0 aliphatic carbocycles. The summed E-state index contributed by atoms with van der Waals surface area (Å²) in [4.78, 5) is 96.3. The minimum absolute atomic E-state index is 0.0591. The van der Waals surface area contributed by atoms with E-state index in [4.69, 9.17) is 10.7 Å². The molecule has 0 bridgehead atoms. The first-order valence-corrected chi connectivity index (χ1v) is 20.6. The number of likely N-dealkylation sites (N-methyl/N-ethyl adjacent to an activating group) is 1. The molecule has 7 heterocycles. The second kappa shape index (κ2) is 15.7. The topological polar surface area (TPSA) is 198 Å². The number of aromatic nitrogens is 2. The summed E-state index contributed by atoms with van der Waals surface area (Å²) >= 11 is 0. The Morgan fingerprint density at radius 1 is 0.864 bits per heavy atom. The molecule has 6 aliphatic heterocycles. The van der Waals surface area contributed by atoms with Crippen molar-refractivity contribution < 1.29 is 28.8 Å². The van der Waals surface area contributed by atoms with Crippen LogP contribution in [0.4, 0.5) is 22.1 Å². The van der Waals surface area contributed by atoms with E-state index in [0.717, 1.165) is 87.6 Å². The van der Waals surface area contributed by atoms with Crippen LogP contribution in [0.1, 0.15) is 86.8 Å².